The summed E-state index contributed by atoms with van der Waals surface area (Å²) in [6.07, 6.45) is 1.03. The van der Waals surface area contributed by atoms with Crippen molar-refractivity contribution < 1.29 is 19.4 Å². The van der Waals surface area contributed by atoms with Gasteiger partial charge in [-0.05, 0) is 25.7 Å². The van der Waals surface area contributed by atoms with Crippen LogP contribution in [-0.4, -0.2) is 28.0 Å². The van der Waals surface area contributed by atoms with Crippen molar-refractivity contribution in [3.8, 4) is 0 Å². The Labute approximate surface area is 107 Å². The SMILES string of the molecule is C/C(CCCCl)=C(\C(=O)O)P(=O)(O)CC(C)C. The predicted molar refractivity (Wildman–Crippen MR) is 69.8 cm³/mol. The van der Waals surface area contributed by atoms with Crippen LogP contribution in [0.15, 0.2) is 10.9 Å². The molecule has 0 rings (SSSR count). The predicted octanol–water partition coefficient (Wildman–Crippen LogP) is 3.29. The Kier molecular flexibility index (Phi) is 7.07. The number of hydrogen-bond acceptors (Lipinski definition) is 2. The van der Waals surface area contributed by atoms with Crippen LogP contribution in [0.4, 0.5) is 0 Å². The van der Waals surface area contributed by atoms with Crippen molar-refractivity contribution in [2.45, 2.75) is 33.6 Å². The second kappa shape index (κ2) is 7.20. The third kappa shape index (κ3) is 5.71. The summed E-state index contributed by atoms with van der Waals surface area (Å²) >= 11 is 5.53. The standard InChI is InChI=1S/C11H20ClO4P/c1-8(2)7-17(15,16)10(11(13)14)9(3)5-4-6-12/h8H,4-7H2,1-3H3,(H,13,14)(H,15,16)/b10-9-. The van der Waals surface area contributed by atoms with Crippen LogP contribution >= 0.6 is 19.0 Å². The molecule has 0 bridgehead atoms. The third-order valence-electron chi connectivity index (χ3n) is 2.25. The van der Waals surface area contributed by atoms with Crippen LogP contribution in [-0.2, 0) is 9.36 Å². The Hall–Kier alpha value is -0.310. The van der Waals surface area contributed by atoms with Gasteiger partial charge in [-0.15, -0.1) is 11.6 Å². The molecule has 0 spiro atoms. The van der Waals surface area contributed by atoms with Gasteiger partial charge in [-0.3, -0.25) is 4.57 Å². The summed E-state index contributed by atoms with van der Waals surface area (Å²) in [6, 6.07) is 0. The van der Waals surface area contributed by atoms with Gasteiger partial charge in [0.15, 0.2) is 0 Å². The average Bonchev–Trinajstić information content (AvgIpc) is 2.10. The summed E-state index contributed by atoms with van der Waals surface area (Å²) in [5.41, 5.74) is 0.449. The van der Waals surface area contributed by atoms with Crippen molar-refractivity contribution in [1.29, 1.82) is 0 Å². The zero-order valence-electron chi connectivity index (χ0n) is 10.4. The fraction of sp³-hybridized carbons (Fsp3) is 0.727. The van der Waals surface area contributed by atoms with Crippen LogP contribution in [0.5, 0.6) is 0 Å². The Balaban J connectivity index is 5.22. The average molecular weight is 283 g/mol. The van der Waals surface area contributed by atoms with E-state index in [1.54, 1.807) is 20.8 Å². The lowest BCUT2D eigenvalue weighted by atomic mass is 10.1. The van der Waals surface area contributed by atoms with Gasteiger partial charge in [0.05, 0.1) is 0 Å². The minimum Gasteiger partial charge on any atom is -0.477 e. The van der Waals surface area contributed by atoms with E-state index in [9.17, 15) is 14.3 Å². The number of halogens is 1. The number of aliphatic carboxylic acids is 1. The second-order valence-corrected chi connectivity index (χ2v) is 7.10. The smallest absolute Gasteiger partial charge is 0.341 e. The molecular formula is C11H20ClO4P. The maximum absolute atomic E-state index is 12.1. The van der Waals surface area contributed by atoms with E-state index >= 15 is 0 Å². The number of hydrogen-bond donors (Lipinski definition) is 2. The molecule has 0 aromatic carbocycles. The monoisotopic (exact) mass is 282 g/mol. The molecular weight excluding hydrogens is 263 g/mol. The maximum atomic E-state index is 12.1. The summed E-state index contributed by atoms with van der Waals surface area (Å²) in [6.45, 7) is 5.16. The van der Waals surface area contributed by atoms with Gasteiger partial charge in [-0.25, -0.2) is 4.79 Å². The molecule has 0 saturated carbocycles. The van der Waals surface area contributed by atoms with E-state index in [4.69, 9.17) is 16.7 Å². The van der Waals surface area contributed by atoms with Gasteiger partial charge in [0.25, 0.3) is 0 Å². The van der Waals surface area contributed by atoms with Gasteiger partial charge in [0.1, 0.15) is 5.31 Å². The third-order valence-corrected chi connectivity index (χ3v) is 5.02. The largest absolute Gasteiger partial charge is 0.477 e. The molecule has 6 heteroatoms. The maximum Gasteiger partial charge on any atom is 0.341 e. The van der Waals surface area contributed by atoms with Crippen molar-refractivity contribution in [2.24, 2.45) is 5.92 Å². The summed E-state index contributed by atoms with van der Waals surface area (Å²) in [5.74, 6) is -0.922. The first-order valence-corrected chi connectivity index (χ1v) is 7.91. The Bertz CT molecular complexity index is 349. The molecule has 0 aliphatic heterocycles. The van der Waals surface area contributed by atoms with Crippen molar-refractivity contribution >= 4 is 24.9 Å². The molecule has 1 atom stereocenters. The van der Waals surface area contributed by atoms with E-state index in [-0.39, 0.29) is 17.4 Å². The minimum atomic E-state index is -3.77. The lowest BCUT2D eigenvalue weighted by molar-refractivity contribution is -0.132. The van der Waals surface area contributed by atoms with E-state index in [0.29, 0.717) is 24.3 Å². The van der Waals surface area contributed by atoms with E-state index < -0.39 is 13.3 Å². The first-order valence-electron chi connectivity index (χ1n) is 5.53. The number of carbonyl (C=O) groups is 1. The highest BCUT2D eigenvalue weighted by atomic mass is 35.5. The number of allylic oxidation sites excluding steroid dienone is 1. The van der Waals surface area contributed by atoms with Crippen LogP contribution < -0.4 is 0 Å². The lowest BCUT2D eigenvalue weighted by Crippen LogP contribution is -2.09. The molecule has 4 nitrogen and oxygen atoms in total. The first-order chi connectivity index (χ1) is 7.72. The molecule has 0 aliphatic carbocycles. The molecule has 17 heavy (non-hydrogen) atoms. The van der Waals surface area contributed by atoms with Crippen molar-refractivity contribution in [1.82, 2.24) is 0 Å². The number of rotatable bonds is 7. The van der Waals surface area contributed by atoms with Gasteiger partial charge in [0.2, 0.25) is 7.37 Å². The lowest BCUT2D eigenvalue weighted by Gasteiger charge is -2.17. The molecule has 0 amide bonds. The Morgan fingerprint density at radius 2 is 1.94 bits per heavy atom. The topological polar surface area (TPSA) is 74.6 Å². The molecule has 0 saturated heterocycles. The molecule has 0 aliphatic rings. The molecule has 100 valence electrons. The second-order valence-electron chi connectivity index (χ2n) is 4.50. The molecule has 1 unspecified atom stereocenters. The van der Waals surface area contributed by atoms with Gasteiger partial charge < -0.3 is 10.00 Å². The number of carboxylic acids is 1. The normalized spacial score (nSPS) is 16.6. The fourth-order valence-electron chi connectivity index (χ4n) is 1.67. The first kappa shape index (κ1) is 16.7. The zero-order valence-corrected chi connectivity index (χ0v) is 12.1. The van der Waals surface area contributed by atoms with Crippen molar-refractivity contribution in [3.05, 3.63) is 10.9 Å². The molecule has 0 aromatic rings. The van der Waals surface area contributed by atoms with E-state index in [2.05, 4.69) is 0 Å². The van der Waals surface area contributed by atoms with Crippen LogP contribution in [0.2, 0.25) is 0 Å². The summed E-state index contributed by atoms with van der Waals surface area (Å²) in [5, 5.41) is 8.75. The van der Waals surface area contributed by atoms with Gasteiger partial charge in [0, 0.05) is 12.0 Å². The molecule has 0 fully saturated rings. The van der Waals surface area contributed by atoms with E-state index in [1.165, 1.54) is 0 Å². The number of carboxylic acid groups (broad SMARTS) is 1. The Morgan fingerprint density at radius 3 is 2.29 bits per heavy atom. The van der Waals surface area contributed by atoms with Crippen LogP contribution in [0, 0.1) is 5.92 Å². The van der Waals surface area contributed by atoms with Crippen LogP contribution in [0.1, 0.15) is 33.6 Å². The zero-order chi connectivity index (χ0) is 13.6. The number of alkyl halides is 1. The van der Waals surface area contributed by atoms with E-state index in [1.807, 2.05) is 0 Å². The van der Waals surface area contributed by atoms with Gasteiger partial charge in [-0.1, -0.05) is 19.4 Å². The Morgan fingerprint density at radius 1 is 1.41 bits per heavy atom. The van der Waals surface area contributed by atoms with Crippen LogP contribution in [0.25, 0.3) is 0 Å². The summed E-state index contributed by atoms with van der Waals surface area (Å²) < 4.78 is 12.1. The van der Waals surface area contributed by atoms with Gasteiger partial charge in [-0.2, -0.15) is 0 Å². The molecule has 2 N–H and O–H groups in total. The molecule has 0 radical (unpaired) electrons. The molecule has 0 aromatic heterocycles. The van der Waals surface area contributed by atoms with Gasteiger partial charge >= 0.3 is 5.97 Å². The minimum absolute atomic E-state index is 0.00709. The quantitative estimate of drug-likeness (QED) is 0.427. The van der Waals surface area contributed by atoms with Crippen LogP contribution in [0.3, 0.4) is 0 Å². The highest BCUT2D eigenvalue weighted by Gasteiger charge is 2.32. The highest BCUT2D eigenvalue weighted by Crippen LogP contribution is 2.52. The summed E-state index contributed by atoms with van der Waals surface area (Å²) in [4.78, 5) is 21.0. The summed E-state index contributed by atoms with van der Waals surface area (Å²) in [7, 11) is -3.77. The fourth-order valence-corrected chi connectivity index (χ4v) is 3.98. The van der Waals surface area contributed by atoms with Crippen molar-refractivity contribution in [2.75, 3.05) is 12.0 Å². The van der Waals surface area contributed by atoms with E-state index in [0.717, 1.165) is 0 Å². The molecule has 0 heterocycles. The highest BCUT2D eigenvalue weighted by molar-refractivity contribution is 7.63. The van der Waals surface area contributed by atoms with Crippen molar-refractivity contribution in [3.63, 3.8) is 0 Å².